The summed E-state index contributed by atoms with van der Waals surface area (Å²) in [6, 6.07) is 21.5. The molecule has 0 amide bonds. The summed E-state index contributed by atoms with van der Waals surface area (Å²) >= 11 is 0. The van der Waals surface area contributed by atoms with Gasteiger partial charge in [-0.1, -0.05) is 60.7 Å². The van der Waals surface area contributed by atoms with Gasteiger partial charge in [-0.3, -0.25) is 0 Å². The van der Waals surface area contributed by atoms with E-state index in [1.165, 1.54) is 11.1 Å². The average Bonchev–Trinajstić information content (AvgIpc) is 2.50. The van der Waals surface area contributed by atoms with Gasteiger partial charge in [0.15, 0.2) is 0 Å². The predicted octanol–water partition coefficient (Wildman–Crippen LogP) is 4.30. The Hall–Kier alpha value is -1.60. The summed E-state index contributed by atoms with van der Waals surface area (Å²) < 4.78 is 0. The summed E-state index contributed by atoms with van der Waals surface area (Å²) in [5.74, 6) is 0. The van der Waals surface area contributed by atoms with E-state index in [4.69, 9.17) is 0 Å². The lowest BCUT2D eigenvalue weighted by Gasteiger charge is -2.43. The minimum absolute atomic E-state index is 0.0603. The van der Waals surface area contributed by atoms with Crippen molar-refractivity contribution < 1.29 is 5.11 Å². The Kier molecular flexibility index (Phi) is 3.39. The molecule has 0 aromatic heterocycles. The minimum Gasteiger partial charge on any atom is -0.390 e. The van der Waals surface area contributed by atoms with E-state index < -0.39 is 5.60 Å². The van der Waals surface area contributed by atoms with Crippen LogP contribution in [0.4, 0.5) is 0 Å². The molecule has 1 saturated carbocycles. The van der Waals surface area contributed by atoms with Crippen LogP contribution in [-0.4, -0.2) is 10.7 Å². The van der Waals surface area contributed by atoms with Gasteiger partial charge in [0.05, 0.1) is 5.60 Å². The molecule has 0 saturated heterocycles. The zero-order valence-corrected chi connectivity index (χ0v) is 12.0. The Balaban J connectivity index is 2.06. The van der Waals surface area contributed by atoms with Gasteiger partial charge in [0.2, 0.25) is 0 Å². The number of hydrogen-bond acceptors (Lipinski definition) is 1. The van der Waals surface area contributed by atoms with Crippen molar-refractivity contribution in [2.24, 2.45) is 0 Å². The third-order valence-electron chi connectivity index (χ3n) is 4.83. The van der Waals surface area contributed by atoms with Crippen LogP contribution in [0.15, 0.2) is 60.7 Å². The lowest BCUT2D eigenvalue weighted by atomic mass is 9.62. The molecule has 2 aromatic carbocycles. The van der Waals surface area contributed by atoms with Gasteiger partial charge in [-0.2, -0.15) is 0 Å². The Morgan fingerprint density at radius 1 is 0.700 bits per heavy atom. The molecule has 20 heavy (non-hydrogen) atoms. The first kappa shape index (κ1) is 13.4. The van der Waals surface area contributed by atoms with Crippen molar-refractivity contribution in [1.29, 1.82) is 0 Å². The van der Waals surface area contributed by atoms with Crippen molar-refractivity contribution in [3.8, 4) is 0 Å². The van der Waals surface area contributed by atoms with E-state index in [-0.39, 0.29) is 5.41 Å². The second kappa shape index (κ2) is 5.06. The summed E-state index contributed by atoms with van der Waals surface area (Å²) in [5, 5.41) is 10.3. The van der Waals surface area contributed by atoms with Crippen LogP contribution in [0.2, 0.25) is 0 Å². The lowest BCUT2D eigenvalue weighted by molar-refractivity contribution is 0.00639. The third kappa shape index (κ3) is 2.38. The quantitative estimate of drug-likeness (QED) is 0.859. The van der Waals surface area contributed by atoms with Gasteiger partial charge in [-0.05, 0) is 43.7 Å². The smallest absolute Gasteiger partial charge is 0.0620 e. The molecule has 3 rings (SSSR count). The SMILES string of the molecule is CC1(O)CCC(c2ccccc2)(c2ccccc2)CC1. The standard InChI is InChI=1S/C19H22O/c1-18(20)12-14-19(15-13-18,16-8-4-2-5-9-16)17-10-6-3-7-11-17/h2-11,20H,12-15H2,1H3. The van der Waals surface area contributed by atoms with Gasteiger partial charge in [-0.25, -0.2) is 0 Å². The molecule has 0 bridgehead atoms. The Labute approximate surface area is 121 Å². The van der Waals surface area contributed by atoms with E-state index in [0.717, 1.165) is 25.7 Å². The maximum atomic E-state index is 10.3. The van der Waals surface area contributed by atoms with Gasteiger partial charge in [0.1, 0.15) is 0 Å². The maximum Gasteiger partial charge on any atom is 0.0620 e. The fourth-order valence-corrected chi connectivity index (χ4v) is 3.47. The highest BCUT2D eigenvalue weighted by Gasteiger charge is 2.41. The van der Waals surface area contributed by atoms with Crippen LogP contribution in [0.25, 0.3) is 0 Å². The van der Waals surface area contributed by atoms with Gasteiger partial charge in [0.25, 0.3) is 0 Å². The van der Waals surface area contributed by atoms with Gasteiger partial charge < -0.3 is 5.11 Å². The van der Waals surface area contributed by atoms with Crippen LogP contribution in [-0.2, 0) is 5.41 Å². The molecule has 0 radical (unpaired) electrons. The molecule has 104 valence electrons. The zero-order valence-electron chi connectivity index (χ0n) is 12.0. The molecular weight excluding hydrogens is 244 g/mol. The molecule has 1 nitrogen and oxygen atoms in total. The van der Waals surface area contributed by atoms with Gasteiger partial charge in [-0.15, -0.1) is 0 Å². The summed E-state index contributed by atoms with van der Waals surface area (Å²) in [7, 11) is 0. The molecule has 0 atom stereocenters. The molecule has 0 aliphatic heterocycles. The maximum absolute atomic E-state index is 10.3. The van der Waals surface area contributed by atoms with E-state index in [2.05, 4.69) is 60.7 Å². The summed E-state index contributed by atoms with van der Waals surface area (Å²) in [5.41, 5.74) is 2.31. The van der Waals surface area contributed by atoms with Gasteiger partial charge in [0, 0.05) is 5.41 Å². The van der Waals surface area contributed by atoms with Crippen molar-refractivity contribution in [2.75, 3.05) is 0 Å². The first-order valence-electron chi connectivity index (χ1n) is 7.46. The molecule has 1 aliphatic rings. The van der Waals surface area contributed by atoms with Crippen LogP contribution in [0.1, 0.15) is 43.7 Å². The number of aliphatic hydroxyl groups is 1. The van der Waals surface area contributed by atoms with Gasteiger partial charge >= 0.3 is 0 Å². The fraction of sp³-hybridized carbons (Fsp3) is 0.368. The third-order valence-corrected chi connectivity index (χ3v) is 4.83. The molecule has 1 N–H and O–H groups in total. The zero-order chi connectivity index (χ0) is 14.1. The summed E-state index contributed by atoms with van der Waals surface area (Å²) in [6.45, 7) is 1.97. The Morgan fingerprint density at radius 3 is 1.50 bits per heavy atom. The topological polar surface area (TPSA) is 20.2 Å². The normalized spacial score (nSPS) is 20.5. The molecule has 1 heteroatoms. The molecule has 0 heterocycles. The second-order valence-corrected chi connectivity index (χ2v) is 6.31. The monoisotopic (exact) mass is 266 g/mol. The van der Waals surface area contributed by atoms with Crippen LogP contribution >= 0.6 is 0 Å². The number of rotatable bonds is 2. The van der Waals surface area contributed by atoms with Crippen molar-refractivity contribution in [2.45, 2.75) is 43.6 Å². The molecule has 1 fully saturated rings. The van der Waals surface area contributed by atoms with Crippen LogP contribution in [0.3, 0.4) is 0 Å². The Bertz CT molecular complexity index is 505. The van der Waals surface area contributed by atoms with E-state index >= 15 is 0 Å². The molecule has 1 aliphatic carbocycles. The molecular formula is C19H22O. The Morgan fingerprint density at radius 2 is 1.10 bits per heavy atom. The largest absolute Gasteiger partial charge is 0.390 e. The van der Waals surface area contributed by atoms with Crippen LogP contribution in [0, 0.1) is 0 Å². The first-order chi connectivity index (χ1) is 9.62. The van der Waals surface area contributed by atoms with E-state index in [9.17, 15) is 5.11 Å². The fourth-order valence-electron chi connectivity index (χ4n) is 3.47. The van der Waals surface area contributed by atoms with Crippen molar-refractivity contribution in [3.05, 3.63) is 71.8 Å². The van der Waals surface area contributed by atoms with E-state index in [0.29, 0.717) is 0 Å². The van der Waals surface area contributed by atoms with Crippen molar-refractivity contribution in [1.82, 2.24) is 0 Å². The highest BCUT2D eigenvalue weighted by molar-refractivity contribution is 5.40. The first-order valence-corrected chi connectivity index (χ1v) is 7.46. The van der Waals surface area contributed by atoms with E-state index in [1.54, 1.807) is 0 Å². The minimum atomic E-state index is -0.507. The molecule has 0 spiro atoms. The number of benzene rings is 2. The summed E-state index contributed by atoms with van der Waals surface area (Å²) in [4.78, 5) is 0. The summed E-state index contributed by atoms with van der Waals surface area (Å²) in [6.07, 6.45) is 3.73. The van der Waals surface area contributed by atoms with E-state index in [1.807, 2.05) is 6.92 Å². The highest BCUT2D eigenvalue weighted by atomic mass is 16.3. The number of hydrogen-bond donors (Lipinski definition) is 1. The highest BCUT2D eigenvalue weighted by Crippen LogP contribution is 2.47. The van der Waals surface area contributed by atoms with Crippen molar-refractivity contribution in [3.63, 3.8) is 0 Å². The lowest BCUT2D eigenvalue weighted by Crippen LogP contribution is -2.40. The second-order valence-electron chi connectivity index (χ2n) is 6.31. The van der Waals surface area contributed by atoms with Crippen molar-refractivity contribution >= 4 is 0 Å². The molecule has 2 aromatic rings. The molecule has 0 unspecified atom stereocenters. The predicted molar refractivity (Wildman–Crippen MR) is 82.8 cm³/mol. The van der Waals surface area contributed by atoms with Crippen LogP contribution in [0.5, 0.6) is 0 Å². The average molecular weight is 266 g/mol. The van der Waals surface area contributed by atoms with Crippen LogP contribution < -0.4 is 0 Å².